The predicted molar refractivity (Wildman–Crippen MR) is 163 cm³/mol. The molecule has 1 unspecified atom stereocenters. The Labute approximate surface area is 264 Å². The maximum atomic E-state index is 14.7. The number of nitrogens with zero attached hydrogens (tertiary/aromatic N) is 5. The van der Waals surface area contributed by atoms with Gasteiger partial charge in [-0.3, -0.25) is 14.5 Å². The first-order chi connectivity index (χ1) is 21.5. The summed E-state index contributed by atoms with van der Waals surface area (Å²) in [5.74, 6) is -0.963. The Kier molecular flexibility index (Phi) is 8.61. The number of fused-ring (bicyclic) bond motifs is 1. The van der Waals surface area contributed by atoms with Crippen molar-refractivity contribution in [2.45, 2.75) is 63.8 Å². The van der Waals surface area contributed by atoms with Crippen LogP contribution in [0.15, 0.2) is 36.7 Å². The molecule has 3 aromatic rings. The highest BCUT2D eigenvalue weighted by molar-refractivity contribution is 7.19. The van der Waals surface area contributed by atoms with Crippen molar-refractivity contribution < 1.29 is 38.4 Å². The van der Waals surface area contributed by atoms with Gasteiger partial charge in [-0.25, -0.2) is 9.07 Å². The summed E-state index contributed by atoms with van der Waals surface area (Å²) in [7, 11) is 1.50. The van der Waals surface area contributed by atoms with Gasteiger partial charge in [0.05, 0.1) is 31.4 Å². The van der Waals surface area contributed by atoms with E-state index in [2.05, 4.69) is 5.10 Å². The van der Waals surface area contributed by atoms with Crippen LogP contribution in [0, 0.1) is 12.7 Å². The number of ether oxygens (including phenoxy) is 3. The summed E-state index contributed by atoms with van der Waals surface area (Å²) in [6, 6.07) is 5.98. The van der Waals surface area contributed by atoms with E-state index in [1.165, 1.54) is 46.4 Å². The quantitative estimate of drug-likeness (QED) is 0.362. The largest absolute Gasteiger partial charge is 0.496 e. The summed E-state index contributed by atoms with van der Waals surface area (Å²) in [4.78, 5) is 32.3. The minimum atomic E-state index is -1.58. The van der Waals surface area contributed by atoms with E-state index in [0.29, 0.717) is 58.5 Å². The molecule has 0 radical (unpaired) electrons. The molecule has 1 aromatic carbocycles. The second kappa shape index (κ2) is 12.3. The Morgan fingerprint density at radius 2 is 1.96 bits per heavy atom. The van der Waals surface area contributed by atoms with Gasteiger partial charge in [0, 0.05) is 49.8 Å². The van der Waals surface area contributed by atoms with Crippen LogP contribution >= 0.6 is 11.3 Å². The minimum Gasteiger partial charge on any atom is -0.496 e. The molecule has 0 aliphatic carbocycles. The van der Waals surface area contributed by atoms with Crippen LogP contribution in [0.25, 0.3) is 5.00 Å². The number of aromatic nitrogens is 2. The summed E-state index contributed by atoms with van der Waals surface area (Å²) >= 11 is 1.28. The second-order valence-corrected chi connectivity index (χ2v) is 13.1. The number of methoxy groups -OCH3 is 1. The van der Waals surface area contributed by atoms with Gasteiger partial charge in [-0.15, -0.1) is 0 Å². The van der Waals surface area contributed by atoms with Crippen LogP contribution in [0.4, 0.5) is 9.39 Å². The monoisotopic (exact) mass is 643 g/mol. The zero-order valence-corrected chi connectivity index (χ0v) is 26.5. The minimum absolute atomic E-state index is 0.000314. The predicted octanol–water partition coefficient (Wildman–Crippen LogP) is 2.85. The molecule has 242 valence electrons. The molecule has 6 rings (SSSR count). The van der Waals surface area contributed by atoms with Crippen LogP contribution in [-0.4, -0.2) is 106 Å². The third-order valence-electron chi connectivity index (χ3n) is 8.72. The van der Waals surface area contributed by atoms with Crippen LogP contribution in [0.5, 0.6) is 5.75 Å². The number of thiophene rings is 1. The van der Waals surface area contributed by atoms with Crippen molar-refractivity contribution in [1.29, 1.82) is 0 Å². The van der Waals surface area contributed by atoms with Crippen LogP contribution in [-0.2, 0) is 14.3 Å². The number of rotatable bonds is 9. The zero-order chi connectivity index (χ0) is 32.0. The molecule has 45 heavy (non-hydrogen) atoms. The molecule has 2 fully saturated rings. The Balaban J connectivity index is 1.45. The lowest BCUT2D eigenvalue weighted by molar-refractivity contribution is -0.157. The summed E-state index contributed by atoms with van der Waals surface area (Å²) in [5.41, 5.74) is -0.0677. The van der Waals surface area contributed by atoms with Crippen molar-refractivity contribution in [3.63, 3.8) is 0 Å². The SMILES string of the molecule is COc1ccc(F)cc1[C@H](CN1c2sc(-n3cccn3)c(C)c2C(=O)N(C(C)(C)C(=O)N2CC(O)C2)C1O)OC1CCOCC1. The summed E-state index contributed by atoms with van der Waals surface area (Å²) < 4.78 is 34.1. The lowest BCUT2D eigenvalue weighted by Gasteiger charge is -2.50. The number of hydrogen-bond donors (Lipinski definition) is 2. The number of halogens is 1. The molecule has 2 N–H and O–H groups in total. The van der Waals surface area contributed by atoms with E-state index < -0.39 is 41.7 Å². The number of β-amino-alcohol motifs (C(OH)–C–C–N with tert-alkyl or cyclic N) is 1. The van der Waals surface area contributed by atoms with E-state index >= 15 is 0 Å². The van der Waals surface area contributed by atoms with E-state index in [1.54, 1.807) is 41.9 Å². The van der Waals surface area contributed by atoms with Crippen molar-refractivity contribution >= 4 is 28.2 Å². The molecule has 0 bridgehead atoms. The van der Waals surface area contributed by atoms with Crippen molar-refractivity contribution in [3.8, 4) is 10.8 Å². The summed E-state index contributed by atoms with van der Waals surface area (Å²) in [5, 5.41) is 27.5. The highest BCUT2D eigenvalue weighted by Gasteiger charge is 2.52. The number of aliphatic hydroxyl groups is 2. The van der Waals surface area contributed by atoms with Gasteiger partial charge in [-0.05, 0) is 57.9 Å². The van der Waals surface area contributed by atoms with Crippen molar-refractivity contribution in [2.24, 2.45) is 0 Å². The van der Waals surface area contributed by atoms with Gasteiger partial charge < -0.3 is 34.2 Å². The number of amides is 2. The molecule has 2 amide bonds. The van der Waals surface area contributed by atoms with Gasteiger partial charge in [0.15, 0.2) is 0 Å². The zero-order valence-electron chi connectivity index (χ0n) is 25.7. The van der Waals surface area contributed by atoms with Gasteiger partial charge in [0.1, 0.15) is 33.2 Å². The molecule has 2 atom stereocenters. The van der Waals surface area contributed by atoms with E-state index in [4.69, 9.17) is 14.2 Å². The second-order valence-electron chi connectivity index (χ2n) is 12.1. The van der Waals surface area contributed by atoms with Gasteiger partial charge in [-0.2, -0.15) is 5.10 Å². The van der Waals surface area contributed by atoms with E-state index in [1.807, 2.05) is 6.92 Å². The average Bonchev–Trinajstić information content (AvgIpc) is 3.65. The van der Waals surface area contributed by atoms with Gasteiger partial charge in [0.25, 0.3) is 5.91 Å². The highest BCUT2D eigenvalue weighted by Crippen LogP contribution is 2.46. The maximum Gasteiger partial charge on any atom is 0.261 e. The molecular weight excluding hydrogens is 605 g/mol. The van der Waals surface area contributed by atoms with Crippen molar-refractivity contribution in [3.05, 3.63) is 59.2 Å². The first-order valence-electron chi connectivity index (χ1n) is 15.0. The van der Waals surface area contributed by atoms with Crippen molar-refractivity contribution in [2.75, 3.05) is 44.9 Å². The lowest BCUT2D eigenvalue weighted by Crippen LogP contribution is -2.69. The molecule has 0 spiro atoms. The molecule has 14 heteroatoms. The van der Waals surface area contributed by atoms with E-state index in [9.17, 15) is 24.2 Å². The smallest absolute Gasteiger partial charge is 0.261 e. The summed E-state index contributed by atoms with van der Waals surface area (Å²) in [6.45, 7) is 6.33. The number of carbonyl (C=O) groups excluding carboxylic acids is 2. The Morgan fingerprint density at radius 3 is 2.60 bits per heavy atom. The number of carbonyl (C=O) groups is 2. The molecule has 5 heterocycles. The Hall–Kier alpha value is -3.56. The Morgan fingerprint density at radius 1 is 1.22 bits per heavy atom. The normalized spacial score (nSPS) is 20.3. The lowest BCUT2D eigenvalue weighted by atomic mass is 9.95. The van der Waals surface area contributed by atoms with Crippen LogP contribution in [0.2, 0.25) is 0 Å². The third kappa shape index (κ3) is 5.69. The first-order valence-corrected chi connectivity index (χ1v) is 15.8. The number of benzene rings is 1. The number of anilines is 1. The fraction of sp³-hybridized carbons (Fsp3) is 0.516. The van der Waals surface area contributed by atoms with Gasteiger partial charge in [0.2, 0.25) is 12.3 Å². The van der Waals surface area contributed by atoms with Gasteiger partial charge in [-0.1, -0.05) is 11.3 Å². The molecular formula is C31H38FN5O7S. The average molecular weight is 644 g/mol. The fourth-order valence-corrected chi connectivity index (χ4v) is 7.51. The number of aliphatic hydroxyl groups excluding tert-OH is 2. The fourth-order valence-electron chi connectivity index (χ4n) is 6.24. The standard InChI is InChI=1S/C31H38FN5O7S/c1-18-25-26(39)37(31(2,3)29(40)34-15-20(38)16-34)30(41)35(28(25)45-27(18)36-11-5-10-33-36)17-24(44-21-8-12-43-13-9-21)22-14-19(32)6-7-23(22)42-4/h5-7,10-11,14,20-21,24,30,38,41H,8-9,12-13,15-17H2,1-4H3/t24-,30?/m0/s1. The third-order valence-corrected chi connectivity index (χ3v) is 10.0. The molecule has 2 saturated heterocycles. The summed E-state index contributed by atoms with van der Waals surface area (Å²) in [6.07, 6.45) is 1.47. The maximum absolute atomic E-state index is 14.7. The molecule has 3 aliphatic heterocycles. The highest BCUT2D eigenvalue weighted by atomic mass is 32.1. The Bertz CT molecular complexity index is 1550. The van der Waals surface area contributed by atoms with Crippen LogP contribution < -0.4 is 9.64 Å². The van der Waals surface area contributed by atoms with Crippen LogP contribution in [0.3, 0.4) is 0 Å². The molecule has 12 nitrogen and oxygen atoms in total. The van der Waals surface area contributed by atoms with Crippen LogP contribution in [0.1, 0.15) is 54.3 Å². The number of hydrogen-bond acceptors (Lipinski definition) is 10. The van der Waals surface area contributed by atoms with E-state index in [-0.39, 0.29) is 25.7 Å². The first kappa shape index (κ1) is 31.4. The number of likely N-dealkylation sites (tertiary alicyclic amines) is 1. The van der Waals surface area contributed by atoms with Crippen molar-refractivity contribution in [1.82, 2.24) is 19.6 Å². The molecule has 0 saturated carbocycles. The van der Waals surface area contributed by atoms with E-state index in [0.717, 1.165) is 0 Å². The molecule has 3 aliphatic rings. The topological polar surface area (TPSA) is 130 Å². The molecule has 2 aromatic heterocycles. The van der Waals surface area contributed by atoms with Gasteiger partial charge >= 0.3 is 0 Å².